The molecule has 0 radical (unpaired) electrons. The van der Waals surface area contributed by atoms with Crippen molar-refractivity contribution in [1.29, 1.82) is 0 Å². The van der Waals surface area contributed by atoms with Crippen LogP contribution in [0.25, 0.3) is 0 Å². The van der Waals surface area contributed by atoms with Gasteiger partial charge in [-0.3, -0.25) is 9.59 Å². The Balaban J connectivity index is 3.17. The van der Waals surface area contributed by atoms with Crippen LogP contribution in [0.15, 0.2) is 18.2 Å². The summed E-state index contributed by atoms with van der Waals surface area (Å²) in [4.78, 5) is 22.4. The van der Waals surface area contributed by atoms with Gasteiger partial charge in [0.25, 0.3) is 0 Å². The summed E-state index contributed by atoms with van der Waals surface area (Å²) in [6.07, 6.45) is -0.173. The number of aliphatic carboxylic acids is 1. The quantitative estimate of drug-likeness (QED) is 0.647. The molecule has 1 unspecified atom stereocenters. The number of ketones is 1. The third kappa shape index (κ3) is 3.84. The molecular weight excluding hydrogens is 300 g/mol. The van der Waals surface area contributed by atoms with Crippen LogP contribution in [0.5, 0.6) is 5.75 Å². The van der Waals surface area contributed by atoms with Crippen LogP contribution in [0.2, 0.25) is 0 Å². The number of Topliss-reactive ketones (excluding diaryl/α,β-unsaturated/α-hetero) is 1. The molecule has 0 heterocycles. The zero-order valence-corrected chi connectivity index (χ0v) is 11.9. The van der Waals surface area contributed by atoms with Gasteiger partial charge in [0.1, 0.15) is 5.75 Å². The molecule has 1 rings (SSSR count). The Morgan fingerprint density at radius 2 is 2.11 bits per heavy atom. The zero-order valence-electron chi connectivity index (χ0n) is 10.3. The molecule has 0 saturated carbocycles. The molecule has 0 amide bonds. The summed E-state index contributed by atoms with van der Waals surface area (Å²) in [5.41, 5.74) is 0.898. The number of carbonyl (C=O) groups is 2. The van der Waals surface area contributed by atoms with E-state index in [0.29, 0.717) is 23.5 Å². The number of carboxylic acid groups (broad SMARTS) is 1. The first-order valence-electron chi connectivity index (χ1n) is 5.61. The molecule has 0 aliphatic heterocycles. The average Bonchev–Trinajstić information content (AvgIpc) is 2.29. The van der Waals surface area contributed by atoms with E-state index in [1.807, 2.05) is 6.92 Å². The van der Waals surface area contributed by atoms with Crippen LogP contribution in [0.4, 0.5) is 0 Å². The highest BCUT2D eigenvalue weighted by atomic mass is 79.9. The van der Waals surface area contributed by atoms with Crippen molar-refractivity contribution in [2.75, 3.05) is 6.61 Å². The minimum atomic E-state index is -0.963. The van der Waals surface area contributed by atoms with E-state index in [1.54, 1.807) is 25.1 Å². The number of rotatable bonds is 6. The van der Waals surface area contributed by atoms with Crippen molar-refractivity contribution in [1.82, 2.24) is 0 Å². The third-order valence-electron chi connectivity index (χ3n) is 2.36. The highest BCUT2D eigenvalue weighted by Gasteiger charge is 2.18. The SMILES string of the molecule is CCOc1ccc(CC(=O)O)c(C(=O)C(C)Br)c1. The molecule has 18 heavy (non-hydrogen) atoms. The van der Waals surface area contributed by atoms with Crippen molar-refractivity contribution in [3.63, 3.8) is 0 Å². The normalized spacial score (nSPS) is 11.9. The number of carboxylic acids is 1. The van der Waals surface area contributed by atoms with Crippen molar-refractivity contribution in [2.45, 2.75) is 25.1 Å². The van der Waals surface area contributed by atoms with Crippen molar-refractivity contribution < 1.29 is 19.4 Å². The van der Waals surface area contributed by atoms with Crippen LogP contribution in [0.1, 0.15) is 29.8 Å². The number of benzene rings is 1. The van der Waals surface area contributed by atoms with E-state index in [9.17, 15) is 9.59 Å². The first-order chi connectivity index (χ1) is 8.45. The lowest BCUT2D eigenvalue weighted by atomic mass is 9.99. The Labute approximate surface area is 114 Å². The second kappa shape index (κ2) is 6.54. The maximum absolute atomic E-state index is 12.0. The van der Waals surface area contributed by atoms with Gasteiger partial charge in [-0.25, -0.2) is 0 Å². The largest absolute Gasteiger partial charge is 0.494 e. The average molecular weight is 315 g/mol. The Morgan fingerprint density at radius 3 is 2.61 bits per heavy atom. The predicted octanol–water partition coefficient (Wildman–Crippen LogP) is 2.68. The summed E-state index contributed by atoms with van der Waals surface area (Å²) >= 11 is 3.20. The molecule has 1 aromatic carbocycles. The number of hydrogen-bond acceptors (Lipinski definition) is 3. The predicted molar refractivity (Wildman–Crippen MR) is 71.7 cm³/mol. The van der Waals surface area contributed by atoms with Crippen LogP contribution in [-0.4, -0.2) is 28.3 Å². The fourth-order valence-corrected chi connectivity index (χ4v) is 1.82. The van der Waals surface area contributed by atoms with E-state index in [2.05, 4.69) is 15.9 Å². The van der Waals surface area contributed by atoms with Crippen molar-refractivity contribution in [3.8, 4) is 5.75 Å². The molecule has 0 saturated heterocycles. The van der Waals surface area contributed by atoms with Gasteiger partial charge in [0.2, 0.25) is 0 Å². The van der Waals surface area contributed by atoms with Gasteiger partial charge in [-0.05, 0) is 31.5 Å². The maximum Gasteiger partial charge on any atom is 0.307 e. The van der Waals surface area contributed by atoms with Crippen molar-refractivity contribution in [2.24, 2.45) is 0 Å². The van der Waals surface area contributed by atoms with Crippen LogP contribution < -0.4 is 4.74 Å². The summed E-state index contributed by atoms with van der Waals surface area (Å²) in [5, 5.41) is 8.83. The van der Waals surface area contributed by atoms with Crippen LogP contribution in [0.3, 0.4) is 0 Å². The lowest BCUT2D eigenvalue weighted by molar-refractivity contribution is -0.136. The molecule has 98 valence electrons. The molecule has 0 bridgehead atoms. The molecule has 1 aromatic rings. The van der Waals surface area contributed by atoms with Crippen molar-refractivity contribution in [3.05, 3.63) is 29.3 Å². The minimum Gasteiger partial charge on any atom is -0.494 e. The van der Waals surface area contributed by atoms with Gasteiger partial charge in [-0.15, -0.1) is 0 Å². The zero-order chi connectivity index (χ0) is 13.7. The van der Waals surface area contributed by atoms with Gasteiger partial charge >= 0.3 is 5.97 Å². The van der Waals surface area contributed by atoms with Gasteiger partial charge in [0.15, 0.2) is 5.78 Å². The fourth-order valence-electron chi connectivity index (χ4n) is 1.57. The fraction of sp³-hybridized carbons (Fsp3) is 0.385. The van der Waals surface area contributed by atoms with Gasteiger partial charge < -0.3 is 9.84 Å². The Bertz CT molecular complexity index is 454. The number of ether oxygens (including phenoxy) is 1. The lowest BCUT2D eigenvalue weighted by Crippen LogP contribution is -2.15. The van der Waals surface area contributed by atoms with Gasteiger partial charge in [0.05, 0.1) is 17.9 Å². The molecule has 5 heteroatoms. The van der Waals surface area contributed by atoms with E-state index >= 15 is 0 Å². The Hall–Kier alpha value is -1.36. The highest BCUT2D eigenvalue weighted by molar-refractivity contribution is 9.10. The molecule has 0 aliphatic rings. The molecule has 0 aromatic heterocycles. The highest BCUT2D eigenvalue weighted by Crippen LogP contribution is 2.22. The summed E-state index contributed by atoms with van der Waals surface area (Å²) in [7, 11) is 0. The van der Waals surface area contributed by atoms with Gasteiger partial charge in [-0.1, -0.05) is 22.0 Å². The molecule has 0 fully saturated rings. The Morgan fingerprint density at radius 1 is 1.44 bits per heavy atom. The Kier molecular flexibility index (Phi) is 5.34. The van der Waals surface area contributed by atoms with Crippen LogP contribution in [-0.2, 0) is 11.2 Å². The second-order valence-corrected chi connectivity index (χ2v) is 5.18. The first-order valence-corrected chi connectivity index (χ1v) is 6.53. The minimum absolute atomic E-state index is 0.146. The molecule has 0 aliphatic carbocycles. The summed E-state index contributed by atoms with van der Waals surface area (Å²) < 4.78 is 5.32. The number of carbonyl (C=O) groups excluding carboxylic acids is 1. The molecule has 4 nitrogen and oxygen atoms in total. The summed E-state index contributed by atoms with van der Waals surface area (Å²) in [6, 6.07) is 4.90. The van der Waals surface area contributed by atoms with E-state index < -0.39 is 5.97 Å². The van der Waals surface area contributed by atoms with E-state index in [1.165, 1.54) is 0 Å². The lowest BCUT2D eigenvalue weighted by Gasteiger charge is -2.11. The second-order valence-electron chi connectivity index (χ2n) is 3.80. The summed E-state index contributed by atoms with van der Waals surface area (Å²) in [5.74, 6) is -0.536. The first kappa shape index (κ1) is 14.7. The number of alkyl halides is 1. The van der Waals surface area contributed by atoms with Crippen LogP contribution >= 0.6 is 15.9 Å². The molecule has 1 atom stereocenters. The monoisotopic (exact) mass is 314 g/mol. The van der Waals surface area contributed by atoms with Gasteiger partial charge in [0, 0.05) is 5.56 Å². The molecule has 1 N–H and O–H groups in total. The molecule has 0 spiro atoms. The summed E-state index contributed by atoms with van der Waals surface area (Å²) in [6.45, 7) is 4.05. The van der Waals surface area contributed by atoms with E-state index in [0.717, 1.165) is 0 Å². The van der Waals surface area contributed by atoms with E-state index in [-0.39, 0.29) is 17.0 Å². The van der Waals surface area contributed by atoms with E-state index in [4.69, 9.17) is 9.84 Å². The standard InChI is InChI=1S/C13H15BrO4/c1-3-18-10-5-4-9(6-12(15)16)11(7-10)13(17)8(2)14/h4-5,7-8H,3,6H2,1-2H3,(H,15,16). The topological polar surface area (TPSA) is 63.6 Å². The van der Waals surface area contributed by atoms with Gasteiger partial charge in [-0.2, -0.15) is 0 Å². The number of halogens is 1. The van der Waals surface area contributed by atoms with Crippen LogP contribution in [0, 0.1) is 0 Å². The van der Waals surface area contributed by atoms with Crippen molar-refractivity contribution >= 4 is 27.7 Å². The third-order valence-corrected chi connectivity index (χ3v) is 2.78. The number of hydrogen-bond donors (Lipinski definition) is 1. The molecular formula is C13H15BrO4. The maximum atomic E-state index is 12.0. The smallest absolute Gasteiger partial charge is 0.307 e.